The Hall–Kier alpha value is -7.17. The zero-order valence-electron chi connectivity index (χ0n) is 28.6. The summed E-state index contributed by atoms with van der Waals surface area (Å²) in [5, 5.41) is 4.50. The van der Waals surface area contributed by atoms with Crippen molar-refractivity contribution in [3.8, 4) is 67.5 Å². The molecule has 10 rings (SSSR count). The molecule has 8 aromatic carbocycles. The molecule has 0 radical (unpaired) electrons. The Morgan fingerprint density at radius 1 is 0.321 bits per heavy atom. The van der Waals surface area contributed by atoms with Crippen molar-refractivity contribution in [1.82, 2.24) is 15.0 Å². The summed E-state index contributed by atoms with van der Waals surface area (Å²) in [6, 6.07) is 65.2. The molecule has 0 fully saturated rings. The molecule has 0 aliphatic carbocycles. The first-order chi connectivity index (χ1) is 26.2. The molecule has 2 aromatic heterocycles. The van der Waals surface area contributed by atoms with Crippen molar-refractivity contribution in [2.24, 2.45) is 0 Å². The van der Waals surface area contributed by atoms with E-state index in [1.165, 1.54) is 11.1 Å². The van der Waals surface area contributed by atoms with Crippen LogP contribution in [0, 0.1) is 0 Å². The van der Waals surface area contributed by atoms with Crippen LogP contribution in [0.25, 0.3) is 100 Å². The van der Waals surface area contributed by atoms with Gasteiger partial charge in [0.2, 0.25) is 0 Å². The van der Waals surface area contributed by atoms with Crippen molar-refractivity contribution < 1.29 is 4.42 Å². The number of aromatic nitrogens is 3. The summed E-state index contributed by atoms with van der Waals surface area (Å²) < 4.78 is 6.46. The van der Waals surface area contributed by atoms with Gasteiger partial charge in [0, 0.05) is 32.8 Å². The average molecular weight is 678 g/mol. The highest BCUT2D eigenvalue weighted by molar-refractivity contribution is 6.18. The molecule has 0 N–H and O–H groups in total. The molecule has 0 saturated heterocycles. The maximum atomic E-state index is 6.46. The third-order valence-corrected chi connectivity index (χ3v) is 9.95. The molecule has 10 aromatic rings. The van der Waals surface area contributed by atoms with Gasteiger partial charge >= 0.3 is 0 Å². The van der Waals surface area contributed by atoms with E-state index >= 15 is 0 Å². The number of fused-ring (bicyclic) bond motifs is 5. The van der Waals surface area contributed by atoms with Gasteiger partial charge in [-0.05, 0) is 57.0 Å². The lowest BCUT2D eigenvalue weighted by Gasteiger charge is -2.11. The van der Waals surface area contributed by atoms with E-state index in [4.69, 9.17) is 19.4 Å². The van der Waals surface area contributed by atoms with Gasteiger partial charge in [-0.3, -0.25) is 0 Å². The van der Waals surface area contributed by atoms with Crippen molar-refractivity contribution in [2.45, 2.75) is 0 Å². The first kappa shape index (κ1) is 30.6. The molecule has 0 aliphatic rings. The number of hydrogen-bond donors (Lipinski definition) is 0. The SMILES string of the molecule is c1ccc(-c2ccc(-c3cccc(-c4nc(-c5ccccc5)nc(-c5ccc(-c6cccc7ccc8c9ccccc9oc8c67)cc5)n4)c3)cc2)cc1. The zero-order valence-corrected chi connectivity index (χ0v) is 28.6. The number of furan rings is 1. The van der Waals surface area contributed by atoms with Gasteiger partial charge in [0.15, 0.2) is 17.5 Å². The van der Waals surface area contributed by atoms with Gasteiger partial charge in [-0.1, -0.05) is 170 Å². The molecular weight excluding hydrogens is 647 g/mol. The minimum absolute atomic E-state index is 0.621. The Bertz CT molecular complexity index is 2910. The molecule has 248 valence electrons. The Kier molecular flexibility index (Phi) is 7.43. The van der Waals surface area contributed by atoms with Crippen LogP contribution < -0.4 is 0 Å². The van der Waals surface area contributed by atoms with Crippen molar-refractivity contribution in [3.05, 3.63) is 188 Å². The van der Waals surface area contributed by atoms with Crippen LogP contribution in [0.4, 0.5) is 0 Å². The predicted octanol–water partition coefficient (Wildman–Crippen LogP) is 12.9. The van der Waals surface area contributed by atoms with Crippen LogP contribution in [0.1, 0.15) is 0 Å². The van der Waals surface area contributed by atoms with Crippen LogP contribution in [0.3, 0.4) is 0 Å². The van der Waals surface area contributed by atoms with Gasteiger partial charge in [-0.15, -0.1) is 0 Å². The molecule has 4 heteroatoms. The number of nitrogens with zero attached hydrogens (tertiary/aromatic N) is 3. The molecule has 0 unspecified atom stereocenters. The average Bonchev–Trinajstić information content (AvgIpc) is 3.63. The quantitative estimate of drug-likeness (QED) is 0.176. The van der Waals surface area contributed by atoms with E-state index in [1.807, 2.05) is 48.5 Å². The summed E-state index contributed by atoms with van der Waals surface area (Å²) >= 11 is 0. The highest BCUT2D eigenvalue weighted by atomic mass is 16.3. The van der Waals surface area contributed by atoms with E-state index < -0.39 is 0 Å². The molecule has 0 amide bonds. The topological polar surface area (TPSA) is 51.8 Å². The summed E-state index contributed by atoms with van der Waals surface area (Å²) in [7, 11) is 0. The molecule has 0 saturated carbocycles. The largest absolute Gasteiger partial charge is 0.455 e. The van der Waals surface area contributed by atoms with E-state index in [2.05, 4.69) is 140 Å². The summed E-state index contributed by atoms with van der Waals surface area (Å²) in [6.07, 6.45) is 0. The van der Waals surface area contributed by atoms with Crippen LogP contribution in [-0.2, 0) is 0 Å². The fourth-order valence-electron chi connectivity index (χ4n) is 7.27. The molecule has 4 nitrogen and oxygen atoms in total. The van der Waals surface area contributed by atoms with Gasteiger partial charge in [0.05, 0.1) is 0 Å². The smallest absolute Gasteiger partial charge is 0.164 e. The number of hydrogen-bond acceptors (Lipinski definition) is 4. The molecular formula is C49H31N3O. The normalized spacial score (nSPS) is 11.4. The van der Waals surface area contributed by atoms with Crippen LogP contribution in [-0.4, -0.2) is 15.0 Å². The summed E-state index contributed by atoms with van der Waals surface area (Å²) in [5.74, 6) is 1.88. The van der Waals surface area contributed by atoms with E-state index in [-0.39, 0.29) is 0 Å². The lowest BCUT2D eigenvalue weighted by molar-refractivity contribution is 0.673. The molecule has 0 bridgehead atoms. The number of benzene rings is 8. The first-order valence-electron chi connectivity index (χ1n) is 17.8. The van der Waals surface area contributed by atoms with Gasteiger partial charge in [0.1, 0.15) is 11.2 Å². The second-order valence-electron chi connectivity index (χ2n) is 13.2. The molecule has 0 atom stereocenters. The van der Waals surface area contributed by atoms with Gasteiger partial charge < -0.3 is 4.42 Å². The number of rotatable bonds is 6. The highest BCUT2D eigenvalue weighted by Gasteiger charge is 2.16. The second-order valence-corrected chi connectivity index (χ2v) is 13.2. The Labute approximate surface area is 306 Å². The lowest BCUT2D eigenvalue weighted by Crippen LogP contribution is -2.00. The number of para-hydroxylation sites is 1. The summed E-state index contributed by atoms with van der Waals surface area (Å²) in [6.45, 7) is 0. The van der Waals surface area contributed by atoms with Crippen molar-refractivity contribution in [3.63, 3.8) is 0 Å². The standard InChI is InChI=1S/C49H31N3O/c1-3-11-32(12-4-1)33-21-23-34(24-22-33)39-16-9-17-40(31-39)49-51-47(37-13-5-2-6-14-37)50-48(52-49)38-27-25-35(26-28-38)41-19-10-15-36-29-30-43-42-18-7-8-20-44(42)53-46(43)45(36)41/h1-31H. The first-order valence-corrected chi connectivity index (χ1v) is 17.8. The van der Waals surface area contributed by atoms with Gasteiger partial charge in [0.25, 0.3) is 0 Å². The third kappa shape index (κ3) is 5.63. The van der Waals surface area contributed by atoms with Crippen LogP contribution in [0.2, 0.25) is 0 Å². The Morgan fingerprint density at radius 3 is 1.57 bits per heavy atom. The molecule has 53 heavy (non-hydrogen) atoms. The van der Waals surface area contributed by atoms with Crippen LogP contribution in [0.5, 0.6) is 0 Å². The maximum Gasteiger partial charge on any atom is 0.164 e. The fourth-order valence-corrected chi connectivity index (χ4v) is 7.27. The zero-order chi connectivity index (χ0) is 35.1. The van der Waals surface area contributed by atoms with Crippen molar-refractivity contribution >= 4 is 32.7 Å². The summed E-state index contributed by atoms with van der Waals surface area (Å²) in [5.41, 5.74) is 11.4. The van der Waals surface area contributed by atoms with E-state index in [9.17, 15) is 0 Å². The minimum atomic E-state index is 0.621. The monoisotopic (exact) mass is 677 g/mol. The maximum absolute atomic E-state index is 6.46. The minimum Gasteiger partial charge on any atom is -0.455 e. The second kappa shape index (κ2) is 12.9. The van der Waals surface area contributed by atoms with E-state index in [1.54, 1.807) is 0 Å². The molecule has 0 aliphatic heterocycles. The van der Waals surface area contributed by atoms with Crippen molar-refractivity contribution in [1.29, 1.82) is 0 Å². The van der Waals surface area contributed by atoms with Gasteiger partial charge in [-0.2, -0.15) is 0 Å². The summed E-state index contributed by atoms with van der Waals surface area (Å²) in [4.78, 5) is 15.1. The molecule has 2 heterocycles. The predicted molar refractivity (Wildman–Crippen MR) is 217 cm³/mol. The van der Waals surface area contributed by atoms with E-state index in [0.29, 0.717) is 17.5 Å². The van der Waals surface area contributed by atoms with Crippen LogP contribution in [0.15, 0.2) is 192 Å². The lowest BCUT2D eigenvalue weighted by atomic mass is 9.95. The Balaban J connectivity index is 1.04. The van der Waals surface area contributed by atoms with E-state index in [0.717, 1.165) is 71.7 Å². The highest BCUT2D eigenvalue weighted by Crippen LogP contribution is 2.39. The van der Waals surface area contributed by atoms with Crippen molar-refractivity contribution in [2.75, 3.05) is 0 Å². The fraction of sp³-hybridized carbons (Fsp3) is 0. The third-order valence-electron chi connectivity index (χ3n) is 9.95. The molecule has 0 spiro atoms. The van der Waals surface area contributed by atoms with Gasteiger partial charge in [-0.25, -0.2) is 15.0 Å². The van der Waals surface area contributed by atoms with Crippen LogP contribution >= 0.6 is 0 Å². The Morgan fingerprint density at radius 2 is 0.830 bits per heavy atom.